The van der Waals surface area contributed by atoms with E-state index >= 15 is 0 Å². The van der Waals surface area contributed by atoms with Crippen molar-refractivity contribution in [1.29, 1.82) is 0 Å². The van der Waals surface area contributed by atoms with Crippen LogP contribution in [0.3, 0.4) is 0 Å². The average molecular weight is 583 g/mol. The van der Waals surface area contributed by atoms with Crippen LogP contribution < -0.4 is 15.7 Å². The standard InChI is InChI=1S/C26H29F3N4O8/c1-5-38-21-20(36-3)15(2)39-23(22(21)37-4)40-24(34)31-16-6-8-17(9-7-16)32-14-30-33(25(32)35)18-10-12-19(13-11-18)41-26(27,28)29/h6-15,20-23H,5H2,1-4H3,(H,31,34)/t15-,20-,21+,22+,23-/m0/s1. The topological polar surface area (TPSA) is 124 Å². The van der Waals surface area contributed by atoms with Crippen molar-refractivity contribution in [3.8, 4) is 17.1 Å². The molecule has 15 heteroatoms. The second-order valence-corrected chi connectivity index (χ2v) is 8.84. The Kier molecular flexibility index (Phi) is 9.32. The molecule has 0 unspecified atom stereocenters. The maximum Gasteiger partial charge on any atom is 0.573 e. The van der Waals surface area contributed by atoms with Gasteiger partial charge in [0, 0.05) is 26.5 Å². The van der Waals surface area contributed by atoms with Gasteiger partial charge in [-0.1, -0.05) is 0 Å². The van der Waals surface area contributed by atoms with Crippen molar-refractivity contribution < 1.29 is 46.4 Å². The molecule has 2 heterocycles. The van der Waals surface area contributed by atoms with E-state index in [-0.39, 0.29) is 5.69 Å². The van der Waals surface area contributed by atoms with E-state index in [1.165, 1.54) is 37.2 Å². The summed E-state index contributed by atoms with van der Waals surface area (Å²) >= 11 is 0. The molecule has 1 fully saturated rings. The smallest absolute Gasteiger partial charge is 0.416 e. The second-order valence-electron chi connectivity index (χ2n) is 8.84. The Bertz CT molecular complexity index is 1360. The fraction of sp³-hybridized carbons (Fsp3) is 0.423. The number of aromatic nitrogens is 3. The Morgan fingerprint density at radius 3 is 2.22 bits per heavy atom. The third kappa shape index (κ3) is 7.05. The molecule has 0 saturated carbocycles. The van der Waals surface area contributed by atoms with E-state index < -0.39 is 54.6 Å². The Balaban J connectivity index is 1.41. The lowest BCUT2D eigenvalue weighted by atomic mass is 9.99. The van der Waals surface area contributed by atoms with Crippen molar-refractivity contribution in [2.75, 3.05) is 26.1 Å². The van der Waals surface area contributed by atoms with Gasteiger partial charge in [-0.25, -0.2) is 14.2 Å². The third-order valence-corrected chi connectivity index (χ3v) is 6.23. The van der Waals surface area contributed by atoms with Crippen LogP contribution >= 0.6 is 0 Å². The second kappa shape index (κ2) is 12.7. The molecule has 0 radical (unpaired) electrons. The summed E-state index contributed by atoms with van der Waals surface area (Å²) in [5.74, 6) is -0.425. The summed E-state index contributed by atoms with van der Waals surface area (Å²) in [6, 6.07) is 10.9. The Morgan fingerprint density at radius 1 is 1.00 bits per heavy atom. The summed E-state index contributed by atoms with van der Waals surface area (Å²) < 4.78 is 71.3. The SMILES string of the molecule is CCO[C@@H]1[C@@H](OC)[C@H](C)O[C@@H](OC(=O)Nc2ccc(-n3cnn(-c4ccc(OC(F)(F)F)cc4)c3=O)cc2)[C@@H]1OC. The quantitative estimate of drug-likeness (QED) is 0.403. The highest BCUT2D eigenvalue weighted by molar-refractivity contribution is 5.84. The van der Waals surface area contributed by atoms with Gasteiger partial charge in [0.15, 0.2) is 0 Å². The van der Waals surface area contributed by atoms with Crippen molar-refractivity contribution in [3.05, 3.63) is 65.3 Å². The molecule has 1 saturated heterocycles. The molecule has 0 bridgehead atoms. The number of carbonyl (C=O) groups excluding carboxylic acids is 1. The summed E-state index contributed by atoms with van der Waals surface area (Å²) in [5.41, 5.74) is 0.461. The number of hydrogen-bond acceptors (Lipinski definition) is 9. The minimum absolute atomic E-state index is 0.237. The number of carbonyl (C=O) groups is 1. The lowest BCUT2D eigenvalue weighted by molar-refractivity contribution is -0.292. The number of methoxy groups -OCH3 is 2. The summed E-state index contributed by atoms with van der Waals surface area (Å²) in [6.07, 6.45) is -7.55. The fourth-order valence-electron chi connectivity index (χ4n) is 4.43. The van der Waals surface area contributed by atoms with Gasteiger partial charge in [-0.15, -0.1) is 13.2 Å². The van der Waals surface area contributed by atoms with E-state index in [0.717, 1.165) is 16.8 Å². The first-order chi connectivity index (χ1) is 19.5. The zero-order valence-electron chi connectivity index (χ0n) is 22.5. The normalized spacial score (nSPS) is 22.8. The third-order valence-electron chi connectivity index (χ3n) is 6.23. The Morgan fingerprint density at radius 2 is 1.63 bits per heavy atom. The van der Waals surface area contributed by atoms with Gasteiger partial charge in [-0.05, 0) is 62.4 Å². The van der Waals surface area contributed by atoms with Gasteiger partial charge >= 0.3 is 18.1 Å². The zero-order valence-corrected chi connectivity index (χ0v) is 22.5. The maximum atomic E-state index is 12.9. The molecule has 3 aromatic rings. The van der Waals surface area contributed by atoms with Gasteiger partial charge in [0.25, 0.3) is 0 Å². The van der Waals surface area contributed by atoms with Gasteiger partial charge in [0.05, 0.1) is 17.5 Å². The molecule has 0 aliphatic carbocycles. The fourth-order valence-corrected chi connectivity index (χ4v) is 4.43. The van der Waals surface area contributed by atoms with Gasteiger partial charge in [0.2, 0.25) is 6.29 Å². The molecule has 4 rings (SSSR count). The summed E-state index contributed by atoms with van der Waals surface area (Å²) in [5, 5.41) is 6.62. The number of amides is 1. The highest BCUT2D eigenvalue weighted by Crippen LogP contribution is 2.28. The van der Waals surface area contributed by atoms with Crippen LogP contribution in [0.5, 0.6) is 5.75 Å². The first-order valence-electron chi connectivity index (χ1n) is 12.5. The van der Waals surface area contributed by atoms with Crippen molar-refractivity contribution in [2.24, 2.45) is 0 Å². The molecule has 12 nitrogen and oxygen atoms in total. The number of nitrogens with zero attached hydrogens (tertiary/aromatic N) is 3. The van der Waals surface area contributed by atoms with Crippen LogP contribution in [0.15, 0.2) is 59.7 Å². The van der Waals surface area contributed by atoms with E-state index in [2.05, 4.69) is 15.2 Å². The van der Waals surface area contributed by atoms with Crippen molar-refractivity contribution in [3.63, 3.8) is 0 Å². The van der Waals surface area contributed by atoms with Gasteiger partial charge in [-0.2, -0.15) is 9.78 Å². The predicted molar refractivity (Wildman–Crippen MR) is 137 cm³/mol. The van der Waals surface area contributed by atoms with Crippen molar-refractivity contribution >= 4 is 11.8 Å². The first kappa shape index (κ1) is 30.0. The van der Waals surface area contributed by atoms with E-state index in [4.69, 9.17) is 23.7 Å². The number of anilines is 1. The van der Waals surface area contributed by atoms with Crippen LogP contribution in [0.4, 0.5) is 23.7 Å². The van der Waals surface area contributed by atoms with Crippen molar-refractivity contribution in [2.45, 2.75) is 50.9 Å². The van der Waals surface area contributed by atoms with Crippen LogP contribution in [0.25, 0.3) is 11.4 Å². The molecule has 222 valence electrons. The van der Waals surface area contributed by atoms with E-state index in [1.807, 2.05) is 6.92 Å². The largest absolute Gasteiger partial charge is 0.573 e. The Labute approximate surface area is 232 Å². The zero-order chi connectivity index (χ0) is 29.7. The van der Waals surface area contributed by atoms with E-state index in [9.17, 15) is 22.8 Å². The molecule has 1 amide bonds. The van der Waals surface area contributed by atoms with Crippen LogP contribution in [-0.2, 0) is 23.7 Å². The van der Waals surface area contributed by atoms with E-state index in [0.29, 0.717) is 18.0 Å². The summed E-state index contributed by atoms with van der Waals surface area (Å²) in [6.45, 7) is 4.01. The predicted octanol–water partition coefficient (Wildman–Crippen LogP) is 3.65. The highest BCUT2D eigenvalue weighted by Gasteiger charge is 2.47. The number of hydrogen-bond donors (Lipinski definition) is 1. The molecule has 1 aliphatic heterocycles. The van der Waals surface area contributed by atoms with Crippen LogP contribution in [0.1, 0.15) is 13.8 Å². The molecule has 1 aromatic heterocycles. The van der Waals surface area contributed by atoms with Crippen molar-refractivity contribution in [1.82, 2.24) is 14.3 Å². The average Bonchev–Trinajstić information content (AvgIpc) is 3.30. The summed E-state index contributed by atoms with van der Waals surface area (Å²) in [7, 11) is 2.99. The molecule has 2 aromatic carbocycles. The van der Waals surface area contributed by atoms with Gasteiger partial charge in [-0.3, -0.25) is 5.32 Å². The number of alkyl halides is 3. The number of nitrogens with one attached hydrogen (secondary N) is 1. The maximum absolute atomic E-state index is 12.9. The Hall–Kier alpha value is -3.92. The highest BCUT2D eigenvalue weighted by atomic mass is 19.4. The number of benzene rings is 2. The number of halogens is 3. The molecule has 0 spiro atoms. The molecule has 1 aliphatic rings. The lowest BCUT2D eigenvalue weighted by Crippen LogP contribution is -2.60. The monoisotopic (exact) mass is 582 g/mol. The summed E-state index contributed by atoms with van der Waals surface area (Å²) in [4.78, 5) is 25.5. The molecular weight excluding hydrogens is 553 g/mol. The van der Waals surface area contributed by atoms with Gasteiger partial charge in [0.1, 0.15) is 30.4 Å². The number of rotatable bonds is 9. The minimum atomic E-state index is -4.83. The molecule has 1 N–H and O–H groups in total. The van der Waals surface area contributed by atoms with Gasteiger partial charge < -0.3 is 28.4 Å². The molecule has 41 heavy (non-hydrogen) atoms. The molecule has 5 atom stereocenters. The van der Waals surface area contributed by atoms with E-state index in [1.54, 1.807) is 31.2 Å². The lowest BCUT2D eigenvalue weighted by Gasteiger charge is -2.43. The van der Waals surface area contributed by atoms with Crippen LogP contribution in [0.2, 0.25) is 0 Å². The minimum Gasteiger partial charge on any atom is -0.416 e. The van der Waals surface area contributed by atoms with Crippen LogP contribution in [0, 0.1) is 0 Å². The molecular formula is C26H29F3N4O8. The first-order valence-corrected chi connectivity index (χ1v) is 12.5. The number of ether oxygens (including phenoxy) is 6. The van der Waals surface area contributed by atoms with Crippen LogP contribution in [-0.4, -0.2) is 78.3 Å².